The molecule has 0 aliphatic heterocycles. The molecule has 0 spiro atoms. The fourth-order valence-corrected chi connectivity index (χ4v) is 1.89. The van der Waals surface area contributed by atoms with Crippen LogP contribution in [0.1, 0.15) is 32.2 Å². The van der Waals surface area contributed by atoms with Crippen molar-refractivity contribution in [3.05, 3.63) is 41.7 Å². The Morgan fingerprint density at radius 2 is 1.81 bits per heavy atom. The second-order valence-electron chi connectivity index (χ2n) is 5.88. The van der Waals surface area contributed by atoms with Crippen LogP contribution in [-0.2, 0) is 0 Å². The molecular weight excluding hydrogens is 262 g/mol. The van der Waals surface area contributed by atoms with Gasteiger partial charge in [-0.05, 0) is 45.9 Å². The van der Waals surface area contributed by atoms with Crippen LogP contribution in [0, 0.1) is 18.3 Å². The first-order valence-electron chi connectivity index (χ1n) is 6.77. The lowest BCUT2D eigenvalue weighted by molar-refractivity contribution is 0.629. The predicted molar refractivity (Wildman–Crippen MR) is 84.6 cm³/mol. The molecule has 2 rings (SSSR count). The molecule has 0 amide bonds. The summed E-state index contributed by atoms with van der Waals surface area (Å²) in [5.41, 5.74) is 1.37. The minimum atomic E-state index is -0.0706. The summed E-state index contributed by atoms with van der Waals surface area (Å²) in [5.74, 6) is 2.15. The maximum Gasteiger partial charge on any atom is 0.136 e. The Hall–Kier alpha value is -2.61. The summed E-state index contributed by atoms with van der Waals surface area (Å²) >= 11 is 0. The monoisotopic (exact) mass is 281 g/mol. The Morgan fingerprint density at radius 1 is 1.10 bits per heavy atom. The van der Waals surface area contributed by atoms with Crippen molar-refractivity contribution in [2.45, 2.75) is 33.2 Å². The van der Waals surface area contributed by atoms with Gasteiger partial charge in [-0.2, -0.15) is 5.26 Å². The quantitative estimate of drug-likeness (QED) is 0.899. The number of nitrogens with zero attached hydrogens (tertiary/aromatic N) is 3. The van der Waals surface area contributed by atoms with E-state index in [9.17, 15) is 0 Å². The van der Waals surface area contributed by atoms with Crippen molar-refractivity contribution in [2.24, 2.45) is 0 Å². The molecule has 2 aromatic rings. The number of hydrogen-bond donors (Lipinski definition) is 2. The number of rotatable bonds is 3. The predicted octanol–water partition coefficient (Wildman–Crippen LogP) is 3.61. The van der Waals surface area contributed by atoms with E-state index < -0.39 is 0 Å². The lowest BCUT2D eigenvalue weighted by atomic mass is 10.1. The summed E-state index contributed by atoms with van der Waals surface area (Å²) in [5, 5.41) is 15.5. The first-order chi connectivity index (χ1) is 9.85. The highest BCUT2D eigenvalue weighted by molar-refractivity contribution is 5.61. The Morgan fingerprint density at radius 3 is 2.48 bits per heavy atom. The number of hydrogen-bond acceptors (Lipinski definition) is 5. The molecular formula is C16H19N5. The normalized spacial score (nSPS) is 10.8. The van der Waals surface area contributed by atoms with E-state index in [0.29, 0.717) is 17.2 Å². The van der Waals surface area contributed by atoms with Crippen LogP contribution in [0.15, 0.2) is 30.3 Å². The smallest absolute Gasteiger partial charge is 0.136 e. The van der Waals surface area contributed by atoms with E-state index in [1.165, 1.54) is 0 Å². The van der Waals surface area contributed by atoms with E-state index in [2.05, 4.69) is 47.4 Å². The van der Waals surface area contributed by atoms with Crippen LogP contribution in [0.3, 0.4) is 0 Å². The molecule has 1 aromatic carbocycles. The van der Waals surface area contributed by atoms with E-state index in [-0.39, 0.29) is 5.54 Å². The van der Waals surface area contributed by atoms with Crippen molar-refractivity contribution in [1.29, 1.82) is 5.26 Å². The van der Waals surface area contributed by atoms with Gasteiger partial charge in [-0.3, -0.25) is 0 Å². The summed E-state index contributed by atoms with van der Waals surface area (Å²) in [4.78, 5) is 8.75. The molecule has 5 heteroatoms. The fourth-order valence-electron chi connectivity index (χ4n) is 1.89. The van der Waals surface area contributed by atoms with Crippen LogP contribution >= 0.6 is 0 Å². The molecule has 2 N–H and O–H groups in total. The zero-order valence-corrected chi connectivity index (χ0v) is 12.7. The number of nitriles is 1. The molecule has 0 atom stereocenters. The molecule has 1 aromatic heterocycles. The molecule has 0 radical (unpaired) electrons. The van der Waals surface area contributed by atoms with Gasteiger partial charge in [-0.1, -0.05) is 6.07 Å². The minimum Gasteiger partial charge on any atom is -0.365 e. The number of aryl methyl sites for hydroxylation is 1. The van der Waals surface area contributed by atoms with Crippen LogP contribution in [-0.4, -0.2) is 15.5 Å². The molecule has 0 saturated carbocycles. The molecule has 108 valence electrons. The molecule has 0 aliphatic rings. The summed E-state index contributed by atoms with van der Waals surface area (Å²) in [6.07, 6.45) is 0. The summed E-state index contributed by atoms with van der Waals surface area (Å²) in [6.45, 7) is 8.08. The third-order valence-electron chi connectivity index (χ3n) is 2.61. The molecule has 0 unspecified atom stereocenters. The summed E-state index contributed by atoms with van der Waals surface area (Å²) in [6, 6.07) is 11.3. The van der Waals surface area contributed by atoms with Gasteiger partial charge in [0.25, 0.3) is 0 Å². The molecule has 21 heavy (non-hydrogen) atoms. The van der Waals surface area contributed by atoms with Crippen LogP contribution < -0.4 is 10.6 Å². The van der Waals surface area contributed by atoms with Gasteiger partial charge in [-0.15, -0.1) is 0 Å². The molecule has 0 fully saturated rings. The molecule has 5 nitrogen and oxygen atoms in total. The van der Waals surface area contributed by atoms with E-state index in [1.54, 1.807) is 12.1 Å². The third-order valence-corrected chi connectivity index (χ3v) is 2.61. The number of aromatic nitrogens is 2. The standard InChI is InChI=1S/C16H19N5/c1-11-18-14(9-15(19-11)21-16(2,3)4)20-13-7-5-6-12(8-13)10-17/h5-9H,1-4H3,(H2,18,19,20,21). The Kier molecular flexibility index (Phi) is 4.08. The van der Waals surface area contributed by atoms with Gasteiger partial charge in [0.2, 0.25) is 0 Å². The van der Waals surface area contributed by atoms with Crippen molar-refractivity contribution < 1.29 is 0 Å². The van der Waals surface area contributed by atoms with E-state index in [4.69, 9.17) is 5.26 Å². The topological polar surface area (TPSA) is 73.6 Å². The molecule has 1 heterocycles. The van der Waals surface area contributed by atoms with Gasteiger partial charge in [0.1, 0.15) is 17.5 Å². The van der Waals surface area contributed by atoms with Gasteiger partial charge in [0, 0.05) is 17.3 Å². The largest absolute Gasteiger partial charge is 0.365 e. The van der Waals surface area contributed by atoms with Gasteiger partial charge < -0.3 is 10.6 Å². The van der Waals surface area contributed by atoms with Crippen LogP contribution in [0.2, 0.25) is 0 Å². The highest BCUT2D eigenvalue weighted by Gasteiger charge is 2.11. The molecule has 0 aliphatic carbocycles. The Balaban J connectivity index is 2.25. The van der Waals surface area contributed by atoms with Crippen molar-refractivity contribution in [3.63, 3.8) is 0 Å². The SMILES string of the molecule is Cc1nc(Nc2cccc(C#N)c2)cc(NC(C)(C)C)n1. The molecule has 0 bridgehead atoms. The van der Waals surface area contributed by atoms with Crippen LogP contribution in [0.5, 0.6) is 0 Å². The van der Waals surface area contributed by atoms with E-state index in [0.717, 1.165) is 11.5 Å². The summed E-state index contributed by atoms with van der Waals surface area (Å²) in [7, 11) is 0. The number of benzene rings is 1. The average Bonchev–Trinajstić information content (AvgIpc) is 2.36. The van der Waals surface area contributed by atoms with Crippen molar-refractivity contribution in [3.8, 4) is 6.07 Å². The van der Waals surface area contributed by atoms with Crippen LogP contribution in [0.4, 0.5) is 17.3 Å². The molecule has 0 saturated heterocycles. The van der Waals surface area contributed by atoms with Crippen molar-refractivity contribution in [2.75, 3.05) is 10.6 Å². The van der Waals surface area contributed by atoms with Gasteiger partial charge >= 0.3 is 0 Å². The Labute approximate surface area is 125 Å². The van der Waals surface area contributed by atoms with Crippen molar-refractivity contribution in [1.82, 2.24) is 9.97 Å². The average molecular weight is 281 g/mol. The van der Waals surface area contributed by atoms with Crippen LogP contribution in [0.25, 0.3) is 0 Å². The maximum absolute atomic E-state index is 8.93. The number of nitrogens with one attached hydrogen (secondary N) is 2. The second kappa shape index (κ2) is 5.80. The highest BCUT2D eigenvalue weighted by atomic mass is 15.1. The maximum atomic E-state index is 8.93. The fraction of sp³-hybridized carbons (Fsp3) is 0.312. The van der Waals surface area contributed by atoms with Gasteiger partial charge in [-0.25, -0.2) is 9.97 Å². The zero-order chi connectivity index (χ0) is 15.5. The first-order valence-corrected chi connectivity index (χ1v) is 6.77. The van der Waals surface area contributed by atoms with Gasteiger partial charge in [0.05, 0.1) is 11.6 Å². The first kappa shape index (κ1) is 14.8. The van der Waals surface area contributed by atoms with Gasteiger partial charge in [0.15, 0.2) is 0 Å². The zero-order valence-electron chi connectivity index (χ0n) is 12.7. The number of anilines is 3. The lowest BCUT2D eigenvalue weighted by Gasteiger charge is -2.21. The van der Waals surface area contributed by atoms with E-state index >= 15 is 0 Å². The Bertz CT molecular complexity index is 680. The lowest BCUT2D eigenvalue weighted by Crippen LogP contribution is -2.26. The highest BCUT2D eigenvalue weighted by Crippen LogP contribution is 2.20. The van der Waals surface area contributed by atoms with E-state index in [1.807, 2.05) is 25.1 Å². The third kappa shape index (κ3) is 4.46. The minimum absolute atomic E-state index is 0.0706. The van der Waals surface area contributed by atoms with Crippen molar-refractivity contribution >= 4 is 17.3 Å². The summed E-state index contributed by atoms with van der Waals surface area (Å²) < 4.78 is 0. The second-order valence-corrected chi connectivity index (χ2v) is 5.88.